The van der Waals surface area contributed by atoms with Gasteiger partial charge in [-0.05, 0) is 42.8 Å². The molecule has 0 aliphatic carbocycles. The van der Waals surface area contributed by atoms with Gasteiger partial charge in [0.1, 0.15) is 11.9 Å². The molecule has 0 atom stereocenters. The van der Waals surface area contributed by atoms with Crippen LogP contribution in [0.5, 0.6) is 0 Å². The van der Waals surface area contributed by atoms with Gasteiger partial charge in [0, 0.05) is 50.2 Å². The Kier molecular flexibility index (Phi) is 4.80. The number of hydrogen-bond acceptors (Lipinski definition) is 5. The summed E-state index contributed by atoms with van der Waals surface area (Å²) >= 11 is 0. The first-order valence-electron chi connectivity index (χ1n) is 9.19. The minimum Gasteiger partial charge on any atom is -0.369 e. The van der Waals surface area contributed by atoms with Crippen LogP contribution < -0.4 is 10.5 Å². The standard InChI is InChI=1S/C21H20FN5O/c1-14-8-19-20(25-21(14)28)9-15(12-24-19)13-26-4-6-27(7-5-26)17-3-2-16(11-23)18(22)10-17/h2-3,8-10,12H,4-7,13H2,1H3,(H,25,28). The Balaban J connectivity index is 1.42. The van der Waals surface area contributed by atoms with Crippen molar-refractivity contribution in [2.24, 2.45) is 0 Å². The molecule has 1 aliphatic heterocycles. The first kappa shape index (κ1) is 18.1. The lowest BCUT2D eigenvalue weighted by molar-refractivity contribution is 0.249. The third kappa shape index (κ3) is 3.59. The molecule has 4 rings (SSSR count). The lowest BCUT2D eigenvalue weighted by Gasteiger charge is -2.36. The minimum absolute atomic E-state index is 0.0689. The molecule has 0 unspecified atom stereocenters. The molecule has 7 heteroatoms. The highest BCUT2D eigenvalue weighted by Gasteiger charge is 2.18. The van der Waals surface area contributed by atoms with Crippen molar-refractivity contribution in [3.63, 3.8) is 0 Å². The van der Waals surface area contributed by atoms with E-state index in [1.54, 1.807) is 19.1 Å². The maximum Gasteiger partial charge on any atom is 0.251 e. The normalized spacial score (nSPS) is 15.0. The number of H-pyrrole nitrogens is 1. The summed E-state index contributed by atoms with van der Waals surface area (Å²) in [7, 11) is 0. The highest BCUT2D eigenvalue weighted by Crippen LogP contribution is 2.21. The largest absolute Gasteiger partial charge is 0.369 e. The quantitative estimate of drug-likeness (QED) is 0.759. The summed E-state index contributed by atoms with van der Waals surface area (Å²) in [4.78, 5) is 23.6. The molecule has 0 bridgehead atoms. The van der Waals surface area contributed by atoms with Gasteiger partial charge in [0.25, 0.3) is 5.56 Å². The van der Waals surface area contributed by atoms with E-state index in [1.165, 1.54) is 12.1 Å². The van der Waals surface area contributed by atoms with Crippen molar-refractivity contribution in [2.45, 2.75) is 13.5 Å². The van der Waals surface area contributed by atoms with Gasteiger partial charge in [-0.15, -0.1) is 0 Å². The third-order valence-corrected chi connectivity index (χ3v) is 5.15. The third-order valence-electron chi connectivity index (χ3n) is 5.15. The number of pyridine rings is 2. The van der Waals surface area contributed by atoms with Crippen LogP contribution in [0, 0.1) is 24.1 Å². The molecule has 28 heavy (non-hydrogen) atoms. The number of fused-ring (bicyclic) bond motifs is 1. The number of hydrogen-bond donors (Lipinski definition) is 1. The van der Waals surface area contributed by atoms with Crippen molar-refractivity contribution in [1.29, 1.82) is 5.26 Å². The molecule has 0 radical (unpaired) electrons. The first-order valence-corrected chi connectivity index (χ1v) is 9.19. The van der Waals surface area contributed by atoms with Gasteiger partial charge in [-0.2, -0.15) is 5.26 Å². The maximum absolute atomic E-state index is 13.9. The highest BCUT2D eigenvalue weighted by atomic mass is 19.1. The number of aromatic amines is 1. The molecule has 1 N–H and O–H groups in total. The Morgan fingerprint density at radius 3 is 2.71 bits per heavy atom. The number of nitriles is 1. The van der Waals surface area contributed by atoms with E-state index in [1.807, 2.05) is 18.3 Å². The first-order chi connectivity index (χ1) is 13.5. The van der Waals surface area contributed by atoms with Crippen LogP contribution in [0.25, 0.3) is 11.0 Å². The van der Waals surface area contributed by atoms with Gasteiger partial charge in [-0.25, -0.2) is 4.39 Å². The second-order valence-electron chi connectivity index (χ2n) is 7.10. The van der Waals surface area contributed by atoms with Crippen LogP contribution in [0.1, 0.15) is 16.7 Å². The zero-order valence-electron chi connectivity index (χ0n) is 15.6. The SMILES string of the molecule is Cc1cc2ncc(CN3CCN(c4ccc(C#N)c(F)c4)CC3)cc2[nH]c1=O. The number of piperazine rings is 1. The molecule has 2 aromatic heterocycles. The fraction of sp³-hybridized carbons (Fsp3) is 0.286. The molecular weight excluding hydrogens is 357 g/mol. The summed E-state index contributed by atoms with van der Waals surface area (Å²) in [5, 5.41) is 8.85. The van der Waals surface area contributed by atoms with E-state index in [9.17, 15) is 9.18 Å². The number of benzene rings is 1. The molecule has 0 saturated carbocycles. The summed E-state index contributed by atoms with van der Waals surface area (Å²) < 4.78 is 13.9. The zero-order chi connectivity index (χ0) is 19.7. The molecule has 1 aliphatic rings. The van der Waals surface area contributed by atoms with Gasteiger partial charge in [0.2, 0.25) is 0 Å². The van der Waals surface area contributed by atoms with E-state index < -0.39 is 5.82 Å². The second kappa shape index (κ2) is 7.41. The van der Waals surface area contributed by atoms with E-state index in [0.29, 0.717) is 5.56 Å². The van der Waals surface area contributed by atoms with Crippen molar-refractivity contribution in [3.8, 4) is 6.07 Å². The molecule has 3 heterocycles. The van der Waals surface area contributed by atoms with E-state index >= 15 is 0 Å². The van der Waals surface area contributed by atoms with Gasteiger partial charge >= 0.3 is 0 Å². The van der Waals surface area contributed by atoms with E-state index in [0.717, 1.165) is 55.0 Å². The Morgan fingerprint density at radius 2 is 2.00 bits per heavy atom. The number of halogens is 1. The average molecular weight is 377 g/mol. The predicted molar refractivity (Wildman–Crippen MR) is 106 cm³/mol. The minimum atomic E-state index is -0.478. The fourth-order valence-electron chi connectivity index (χ4n) is 3.53. The number of nitrogens with zero attached hydrogens (tertiary/aromatic N) is 4. The van der Waals surface area contributed by atoms with Crippen LogP contribution in [0.15, 0.2) is 41.3 Å². The van der Waals surface area contributed by atoms with Gasteiger partial charge in [-0.1, -0.05) is 0 Å². The summed E-state index contributed by atoms with van der Waals surface area (Å²) in [6.07, 6.45) is 1.85. The van der Waals surface area contributed by atoms with Gasteiger partial charge in [0.05, 0.1) is 16.6 Å². The van der Waals surface area contributed by atoms with Gasteiger partial charge < -0.3 is 9.88 Å². The van der Waals surface area contributed by atoms with Gasteiger partial charge in [-0.3, -0.25) is 14.7 Å². The number of rotatable bonds is 3. The Bertz CT molecular complexity index is 1130. The number of anilines is 1. The van der Waals surface area contributed by atoms with Crippen LogP contribution >= 0.6 is 0 Å². The van der Waals surface area contributed by atoms with Crippen molar-refractivity contribution in [3.05, 3.63) is 69.4 Å². The van der Waals surface area contributed by atoms with Crippen LogP contribution in [0.2, 0.25) is 0 Å². The number of aromatic nitrogens is 2. The monoisotopic (exact) mass is 377 g/mol. The average Bonchev–Trinajstić information content (AvgIpc) is 2.69. The maximum atomic E-state index is 13.9. The molecule has 1 aromatic carbocycles. The number of nitrogens with one attached hydrogen (secondary N) is 1. The lowest BCUT2D eigenvalue weighted by atomic mass is 10.1. The van der Waals surface area contributed by atoms with Crippen molar-refractivity contribution in [2.75, 3.05) is 31.1 Å². The molecular formula is C21H20FN5O. The van der Waals surface area contributed by atoms with Crippen LogP contribution in [-0.2, 0) is 6.54 Å². The van der Waals surface area contributed by atoms with Crippen LogP contribution in [0.4, 0.5) is 10.1 Å². The van der Waals surface area contributed by atoms with Crippen molar-refractivity contribution >= 4 is 16.7 Å². The Morgan fingerprint density at radius 1 is 1.21 bits per heavy atom. The Labute approximate surface area is 161 Å². The van der Waals surface area contributed by atoms with E-state index in [2.05, 4.69) is 19.8 Å². The van der Waals surface area contributed by atoms with Crippen LogP contribution in [0.3, 0.4) is 0 Å². The molecule has 1 fully saturated rings. The van der Waals surface area contributed by atoms with Crippen molar-refractivity contribution < 1.29 is 4.39 Å². The lowest BCUT2D eigenvalue weighted by Crippen LogP contribution is -2.46. The summed E-state index contributed by atoms with van der Waals surface area (Å²) in [5.41, 5.74) is 4.02. The fourth-order valence-corrected chi connectivity index (χ4v) is 3.53. The topological polar surface area (TPSA) is 76.0 Å². The molecule has 6 nitrogen and oxygen atoms in total. The van der Waals surface area contributed by atoms with E-state index in [-0.39, 0.29) is 11.1 Å². The zero-order valence-corrected chi connectivity index (χ0v) is 15.6. The summed E-state index contributed by atoms with van der Waals surface area (Å²) in [6.45, 7) is 5.75. The summed E-state index contributed by atoms with van der Waals surface area (Å²) in [5.74, 6) is -0.478. The van der Waals surface area contributed by atoms with E-state index in [4.69, 9.17) is 5.26 Å². The Hall–Kier alpha value is -3.24. The molecule has 1 saturated heterocycles. The van der Waals surface area contributed by atoms with Gasteiger partial charge in [0.15, 0.2) is 0 Å². The highest BCUT2D eigenvalue weighted by molar-refractivity contribution is 5.74. The second-order valence-corrected chi connectivity index (χ2v) is 7.10. The molecule has 0 spiro atoms. The van der Waals surface area contributed by atoms with Crippen molar-refractivity contribution in [1.82, 2.24) is 14.9 Å². The number of aryl methyl sites for hydroxylation is 1. The predicted octanol–water partition coefficient (Wildman–Crippen LogP) is 2.56. The molecule has 3 aromatic rings. The smallest absolute Gasteiger partial charge is 0.251 e. The summed E-state index contributed by atoms with van der Waals surface area (Å²) in [6, 6.07) is 10.4. The molecule has 142 valence electrons. The van der Waals surface area contributed by atoms with Crippen LogP contribution in [-0.4, -0.2) is 41.0 Å². The molecule has 0 amide bonds.